The van der Waals surface area contributed by atoms with Crippen molar-refractivity contribution in [1.82, 2.24) is 9.47 Å². The van der Waals surface area contributed by atoms with Gasteiger partial charge in [0.05, 0.1) is 22.2 Å². The van der Waals surface area contributed by atoms with Gasteiger partial charge in [-0.3, -0.25) is 34.2 Å². The first-order chi connectivity index (χ1) is 13.3. The maximum Gasteiger partial charge on any atom is 0.325 e. The fourth-order valence-corrected chi connectivity index (χ4v) is 3.76. The van der Waals surface area contributed by atoms with Gasteiger partial charge < -0.3 is 9.30 Å². The van der Waals surface area contributed by atoms with Gasteiger partial charge >= 0.3 is 5.97 Å². The van der Waals surface area contributed by atoms with E-state index in [1.54, 1.807) is 0 Å². The normalized spacial score (nSPS) is 14.8. The lowest BCUT2D eigenvalue weighted by Crippen LogP contribution is -2.34. The molecule has 3 rings (SSSR count). The molecule has 1 aromatic heterocycles. The summed E-state index contributed by atoms with van der Waals surface area (Å²) >= 11 is 0.971. The first-order valence-electron chi connectivity index (χ1n) is 8.05. The van der Waals surface area contributed by atoms with Crippen LogP contribution in [-0.2, 0) is 30.5 Å². The highest BCUT2D eigenvalue weighted by Gasteiger charge is 2.30. The van der Waals surface area contributed by atoms with Crippen molar-refractivity contribution >= 4 is 50.9 Å². The van der Waals surface area contributed by atoms with Crippen molar-refractivity contribution in [1.29, 1.82) is 0 Å². The number of aromatic nitrogens is 1. The second kappa shape index (κ2) is 7.68. The van der Waals surface area contributed by atoms with Gasteiger partial charge in [-0.15, -0.1) is 0 Å². The molecule has 0 bridgehead atoms. The zero-order chi connectivity index (χ0) is 20.4. The highest BCUT2D eigenvalue weighted by atomic mass is 32.1. The Morgan fingerprint density at radius 3 is 2.54 bits per heavy atom. The van der Waals surface area contributed by atoms with Gasteiger partial charge in [-0.05, 0) is 6.07 Å². The summed E-state index contributed by atoms with van der Waals surface area (Å²) in [5, 5.41) is 11.0. The number of rotatable bonds is 5. The lowest BCUT2D eigenvalue weighted by Gasteiger charge is -2.10. The largest absolute Gasteiger partial charge is 0.468 e. The predicted octanol–water partition coefficient (Wildman–Crippen LogP) is 0.360. The number of esters is 1. The van der Waals surface area contributed by atoms with Gasteiger partial charge in [-0.1, -0.05) is 11.3 Å². The molecule has 0 radical (unpaired) electrons. The van der Waals surface area contributed by atoms with Crippen LogP contribution in [0.5, 0.6) is 0 Å². The van der Waals surface area contributed by atoms with E-state index in [9.17, 15) is 29.3 Å². The third-order valence-electron chi connectivity index (χ3n) is 4.06. The summed E-state index contributed by atoms with van der Waals surface area (Å²) in [5.41, 5.74) is 0.311. The lowest BCUT2D eigenvalue weighted by molar-refractivity contribution is -0.384. The predicted molar refractivity (Wildman–Crippen MR) is 95.0 cm³/mol. The maximum atomic E-state index is 12.3. The lowest BCUT2D eigenvalue weighted by atomic mass is 10.3. The molecule has 0 atom stereocenters. The number of hydrogen-bond acceptors (Lipinski definition) is 8. The number of benzene rings is 1. The second-order valence-corrected chi connectivity index (χ2v) is 6.84. The number of carbonyl (C=O) groups excluding carboxylic acids is 4. The van der Waals surface area contributed by atoms with Crippen LogP contribution in [-0.4, -0.2) is 51.7 Å². The number of hydrogen-bond donors (Lipinski definition) is 0. The van der Waals surface area contributed by atoms with Crippen molar-refractivity contribution in [3.05, 3.63) is 33.1 Å². The molecule has 0 aliphatic carbocycles. The summed E-state index contributed by atoms with van der Waals surface area (Å²) in [5.74, 6) is -2.23. The highest BCUT2D eigenvalue weighted by molar-refractivity contribution is 7.16. The number of nitro groups is 1. The first-order valence-corrected chi connectivity index (χ1v) is 8.87. The molecule has 146 valence electrons. The molecular weight excluding hydrogens is 392 g/mol. The molecule has 1 saturated heterocycles. The molecule has 0 N–H and O–H groups in total. The van der Waals surface area contributed by atoms with Crippen LogP contribution >= 0.6 is 11.3 Å². The molecular formula is C16H14N4O7S. The Morgan fingerprint density at radius 2 is 1.93 bits per heavy atom. The summed E-state index contributed by atoms with van der Waals surface area (Å²) in [6, 6.07) is 4.03. The number of likely N-dealkylation sites (tertiary alicyclic amines) is 1. The Bertz CT molecular complexity index is 1070. The van der Waals surface area contributed by atoms with Gasteiger partial charge in [0.1, 0.15) is 13.1 Å². The Morgan fingerprint density at radius 1 is 1.25 bits per heavy atom. The molecule has 0 saturated carbocycles. The summed E-state index contributed by atoms with van der Waals surface area (Å²) in [6.07, 6.45) is 0.113. The van der Waals surface area contributed by atoms with Crippen LogP contribution in [0.1, 0.15) is 12.8 Å². The second-order valence-electron chi connectivity index (χ2n) is 5.84. The minimum atomic E-state index is -0.747. The molecule has 1 aromatic carbocycles. The van der Waals surface area contributed by atoms with Crippen molar-refractivity contribution in [3.63, 3.8) is 0 Å². The van der Waals surface area contributed by atoms with Gasteiger partial charge in [-0.2, -0.15) is 4.99 Å². The number of nitrogens with zero attached hydrogens (tertiary/aromatic N) is 4. The average Bonchev–Trinajstić information content (AvgIpc) is 3.15. The summed E-state index contributed by atoms with van der Waals surface area (Å²) < 4.78 is 6.48. The Balaban J connectivity index is 2.03. The van der Waals surface area contributed by atoms with Crippen LogP contribution in [0.15, 0.2) is 23.2 Å². The zero-order valence-electron chi connectivity index (χ0n) is 14.6. The molecule has 2 heterocycles. The monoisotopic (exact) mass is 406 g/mol. The van der Waals surface area contributed by atoms with E-state index in [2.05, 4.69) is 9.73 Å². The first kappa shape index (κ1) is 19.4. The summed E-state index contributed by atoms with van der Waals surface area (Å²) in [4.78, 5) is 62.6. The van der Waals surface area contributed by atoms with E-state index in [0.29, 0.717) is 10.2 Å². The fraction of sp³-hybridized carbons (Fsp3) is 0.312. The number of amides is 3. The van der Waals surface area contributed by atoms with Crippen molar-refractivity contribution in [2.45, 2.75) is 19.4 Å². The molecule has 11 nitrogen and oxygen atoms in total. The van der Waals surface area contributed by atoms with E-state index in [1.165, 1.54) is 29.9 Å². The van der Waals surface area contributed by atoms with Crippen LogP contribution in [0.2, 0.25) is 0 Å². The number of carbonyl (C=O) groups is 4. The zero-order valence-corrected chi connectivity index (χ0v) is 15.4. The van der Waals surface area contributed by atoms with Gasteiger partial charge in [0, 0.05) is 25.0 Å². The minimum Gasteiger partial charge on any atom is -0.468 e. The van der Waals surface area contributed by atoms with Gasteiger partial charge in [0.25, 0.3) is 11.6 Å². The number of methoxy groups -OCH3 is 1. The molecule has 1 aliphatic rings. The van der Waals surface area contributed by atoms with Crippen molar-refractivity contribution < 1.29 is 28.8 Å². The Hall–Kier alpha value is -3.41. The molecule has 2 aromatic rings. The maximum absolute atomic E-state index is 12.3. The van der Waals surface area contributed by atoms with Gasteiger partial charge in [-0.25, -0.2) is 0 Å². The van der Waals surface area contributed by atoms with Crippen molar-refractivity contribution in [2.24, 2.45) is 4.99 Å². The molecule has 12 heteroatoms. The van der Waals surface area contributed by atoms with Crippen LogP contribution in [0.4, 0.5) is 5.69 Å². The third kappa shape index (κ3) is 3.81. The van der Waals surface area contributed by atoms with Crippen molar-refractivity contribution in [2.75, 3.05) is 13.7 Å². The smallest absolute Gasteiger partial charge is 0.325 e. The van der Waals surface area contributed by atoms with E-state index < -0.39 is 35.2 Å². The van der Waals surface area contributed by atoms with Crippen LogP contribution in [0, 0.1) is 10.1 Å². The average molecular weight is 406 g/mol. The van der Waals surface area contributed by atoms with E-state index in [1.807, 2.05) is 0 Å². The minimum absolute atomic E-state index is 0.0566. The standard InChI is InChI=1S/C16H14N4O7S/c1-27-15(24)8-18-10-3-2-9(20(25)26)6-11(10)28-16(18)17-12(21)7-19-13(22)4-5-14(19)23/h2-3,6H,4-5,7-8H2,1H3. The number of non-ortho nitro benzene ring substituents is 1. The molecule has 3 amide bonds. The SMILES string of the molecule is COC(=O)Cn1c(=NC(=O)CN2C(=O)CCC2=O)sc2cc([N+](=O)[O-])ccc21. The number of nitro benzene ring substituents is 1. The molecule has 0 unspecified atom stereocenters. The number of thiazole rings is 1. The summed E-state index contributed by atoms with van der Waals surface area (Å²) in [6.45, 7) is -0.758. The van der Waals surface area contributed by atoms with E-state index >= 15 is 0 Å². The van der Waals surface area contributed by atoms with Crippen LogP contribution < -0.4 is 4.80 Å². The fourth-order valence-electron chi connectivity index (χ4n) is 2.68. The molecule has 28 heavy (non-hydrogen) atoms. The van der Waals surface area contributed by atoms with Crippen LogP contribution in [0.25, 0.3) is 10.2 Å². The Labute approximate surface area is 161 Å². The van der Waals surface area contributed by atoms with Gasteiger partial charge in [0.15, 0.2) is 4.80 Å². The topological polar surface area (TPSA) is 141 Å². The Kier molecular flexibility index (Phi) is 5.31. The highest BCUT2D eigenvalue weighted by Crippen LogP contribution is 2.23. The van der Waals surface area contributed by atoms with E-state index in [-0.39, 0.29) is 29.9 Å². The number of fused-ring (bicyclic) bond motifs is 1. The third-order valence-corrected chi connectivity index (χ3v) is 5.10. The quantitative estimate of drug-likeness (QED) is 0.302. The molecule has 1 fully saturated rings. The van der Waals surface area contributed by atoms with Gasteiger partial charge in [0.2, 0.25) is 11.8 Å². The number of ether oxygens (including phenoxy) is 1. The van der Waals surface area contributed by atoms with Crippen molar-refractivity contribution in [3.8, 4) is 0 Å². The summed E-state index contributed by atoms with van der Waals surface area (Å²) in [7, 11) is 1.20. The van der Waals surface area contributed by atoms with Crippen LogP contribution in [0.3, 0.4) is 0 Å². The number of imide groups is 1. The van der Waals surface area contributed by atoms with E-state index in [0.717, 1.165) is 16.2 Å². The molecule has 0 spiro atoms. The molecule has 1 aliphatic heterocycles. The van der Waals surface area contributed by atoms with E-state index in [4.69, 9.17) is 0 Å².